The van der Waals surface area contributed by atoms with Crippen LogP contribution in [0.5, 0.6) is 0 Å². The molecule has 1 heterocycles. The first-order chi connectivity index (χ1) is 17.6. The third-order valence-electron chi connectivity index (χ3n) is 5.80. The smallest absolute Gasteiger partial charge is 0.251 e. The number of anilines is 2. The van der Waals surface area contributed by atoms with Crippen LogP contribution >= 0.6 is 0 Å². The molecule has 1 atom stereocenters. The standard InChI is InChI=1S/C28H30N4O4/c33-26(19-29-23-11-4-9-21(15-23)28(35)31-18-25-13-6-14-36-25)32-24-12-5-10-22(16-24)27(34)30-17-20-7-2-1-3-8-20/h1-5,7-12,15-16,25,29H,6,13-14,17-19H2,(H,30,34)(H,31,35)(H,32,33). The molecule has 3 amide bonds. The zero-order valence-corrected chi connectivity index (χ0v) is 20.0. The molecule has 0 aromatic heterocycles. The highest BCUT2D eigenvalue weighted by molar-refractivity contribution is 5.98. The summed E-state index contributed by atoms with van der Waals surface area (Å²) >= 11 is 0. The maximum absolute atomic E-state index is 12.5. The van der Waals surface area contributed by atoms with E-state index in [9.17, 15) is 14.4 Å². The van der Waals surface area contributed by atoms with Crippen LogP contribution in [-0.2, 0) is 16.1 Å². The van der Waals surface area contributed by atoms with E-state index in [4.69, 9.17) is 4.74 Å². The second-order valence-electron chi connectivity index (χ2n) is 8.58. The Kier molecular flexibility index (Phi) is 8.67. The van der Waals surface area contributed by atoms with E-state index >= 15 is 0 Å². The van der Waals surface area contributed by atoms with Crippen LogP contribution in [0.2, 0.25) is 0 Å². The summed E-state index contributed by atoms with van der Waals surface area (Å²) in [5.74, 6) is -0.672. The van der Waals surface area contributed by atoms with E-state index in [1.807, 2.05) is 30.3 Å². The van der Waals surface area contributed by atoms with Crippen LogP contribution in [0.15, 0.2) is 78.9 Å². The van der Waals surface area contributed by atoms with Crippen molar-refractivity contribution in [3.63, 3.8) is 0 Å². The Labute approximate surface area is 210 Å². The van der Waals surface area contributed by atoms with Gasteiger partial charge in [0.2, 0.25) is 5.91 Å². The minimum atomic E-state index is -0.273. The van der Waals surface area contributed by atoms with Crippen LogP contribution < -0.4 is 21.3 Å². The van der Waals surface area contributed by atoms with Gasteiger partial charge in [-0.1, -0.05) is 42.5 Å². The van der Waals surface area contributed by atoms with Gasteiger partial charge in [-0.15, -0.1) is 0 Å². The van der Waals surface area contributed by atoms with E-state index in [2.05, 4.69) is 21.3 Å². The number of nitrogens with one attached hydrogen (secondary N) is 4. The van der Waals surface area contributed by atoms with Gasteiger partial charge in [-0.3, -0.25) is 14.4 Å². The summed E-state index contributed by atoms with van der Waals surface area (Å²) in [5, 5.41) is 11.6. The Balaban J connectivity index is 1.25. The first-order valence-electron chi connectivity index (χ1n) is 12.0. The molecule has 4 N–H and O–H groups in total. The van der Waals surface area contributed by atoms with Gasteiger partial charge in [-0.2, -0.15) is 0 Å². The Morgan fingerprint density at radius 1 is 0.806 bits per heavy atom. The van der Waals surface area contributed by atoms with E-state index in [0.29, 0.717) is 35.6 Å². The van der Waals surface area contributed by atoms with Gasteiger partial charge in [0.25, 0.3) is 11.8 Å². The summed E-state index contributed by atoms with van der Waals surface area (Å²) < 4.78 is 5.53. The maximum Gasteiger partial charge on any atom is 0.251 e. The fourth-order valence-electron chi connectivity index (χ4n) is 3.89. The van der Waals surface area contributed by atoms with Crippen molar-refractivity contribution in [2.24, 2.45) is 0 Å². The first kappa shape index (κ1) is 24.9. The van der Waals surface area contributed by atoms with E-state index < -0.39 is 0 Å². The number of hydrogen-bond donors (Lipinski definition) is 4. The number of hydrogen-bond acceptors (Lipinski definition) is 5. The highest BCUT2D eigenvalue weighted by Gasteiger charge is 2.17. The zero-order chi connectivity index (χ0) is 25.2. The van der Waals surface area contributed by atoms with Gasteiger partial charge < -0.3 is 26.0 Å². The molecule has 3 aromatic carbocycles. The third kappa shape index (κ3) is 7.41. The first-order valence-corrected chi connectivity index (χ1v) is 12.0. The minimum absolute atomic E-state index is 0.00537. The number of amides is 3. The lowest BCUT2D eigenvalue weighted by atomic mass is 10.1. The summed E-state index contributed by atoms with van der Waals surface area (Å²) in [6, 6.07) is 23.4. The number of carbonyl (C=O) groups is 3. The van der Waals surface area contributed by atoms with Gasteiger partial charge in [-0.25, -0.2) is 0 Å². The molecule has 3 aromatic rings. The van der Waals surface area contributed by atoms with Gasteiger partial charge in [0, 0.05) is 42.2 Å². The Morgan fingerprint density at radius 2 is 1.50 bits per heavy atom. The Hall–Kier alpha value is -4.17. The van der Waals surface area contributed by atoms with Crippen molar-refractivity contribution < 1.29 is 19.1 Å². The lowest BCUT2D eigenvalue weighted by Gasteiger charge is -2.12. The van der Waals surface area contributed by atoms with Crippen LogP contribution in [0.3, 0.4) is 0 Å². The van der Waals surface area contributed by atoms with Crippen LogP contribution in [0.25, 0.3) is 0 Å². The molecule has 0 aliphatic carbocycles. The molecule has 0 saturated carbocycles. The molecule has 0 bridgehead atoms. The molecular formula is C28H30N4O4. The van der Waals surface area contributed by atoms with Gasteiger partial charge in [0.1, 0.15) is 0 Å². The zero-order valence-electron chi connectivity index (χ0n) is 20.0. The quantitative estimate of drug-likeness (QED) is 0.350. The SMILES string of the molecule is O=C(CNc1cccc(C(=O)NCC2CCCO2)c1)Nc1cccc(C(=O)NCc2ccccc2)c1. The predicted octanol–water partition coefficient (Wildman–Crippen LogP) is 3.58. The summed E-state index contributed by atoms with van der Waals surface area (Å²) in [4.78, 5) is 37.4. The molecule has 1 aliphatic heterocycles. The van der Waals surface area contributed by atoms with Crippen LogP contribution in [0.4, 0.5) is 11.4 Å². The largest absolute Gasteiger partial charge is 0.376 e. The molecular weight excluding hydrogens is 456 g/mol. The molecule has 0 radical (unpaired) electrons. The van der Waals surface area contributed by atoms with E-state index in [1.165, 1.54) is 0 Å². The fourth-order valence-corrected chi connectivity index (χ4v) is 3.89. The van der Waals surface area contributed by atoms with Crippen molar-refractivity contribution in [2.45, 2.75) is 25.5 Å². The van der Waals surface area contributed by atoms with E-state index in [1.54, 1.807) is 48.5 Å². The lowest BCUT2D eigenvalue weighted by Crippen LogP contribution is -2.31. The van der Waals surface area contributed by atoms with Crippen molar-refractivity contribution in [3.8, 4) is 0 Å². The number of ether oxygens (including phenoxy) is 1. The minimum Gasteiger partial charge on any atom is -0.376 e. The number of rotatable bonds is 10. The molecule has 186 valence electrons. The van der Waals surface area contributed by atoms with Gasteiger partial charge in [0.05, 0.1) is 12.6 Å². The van der Waals surface area contributed by atoms with Crippen LogP contribution in [0.1, 0.15) is 39.1 Å². The molecule has 1 saturated heterocycles. The monoisotopic (exact) mass is 486 g/mol. The second-order valence-corrected chi connectivity index (χ2v) is 8.58. The van der Waals surface area contributed by atoms with Gasteiger partial charge >= 0.3 is 0 Å². The number of benzene rings is 3. The molecule has 1 aliphatic rings. The molecule has 1 unspecified atom stereocenters. The van der Waals surface area contributed by atoms with E-state index in [0.717, 1.165) is 25.0 Å². The highest BCUT2D eigenvalue weighted by atomic mass is 16.5. The normalized spacial score (nSPS) is 14.6. The van der Waals surface area contributed by atoms with Crippen molar-refractivity contribution >= 4 is 29.1 Å². The maximum atomic E-state index is 12.5. The van der Waals surface area contributed by atoms with Gasteiger partial charge in [0.15, 0.2) is 0 Å². The Morgan fingerprint density at radius 3 is 2.22 bits per heavy atom. The summed E-state index contributed by atoms with van der Waals surface area (Å²) in [6.07, 6.45) is 2.05. The number of carbonyl (C=O) groups excluding carboxylic acids is 3. The highest BCUT2D eigenvalue weighted by Crippen LogP contribution is 2.14. The van der Waals surface area contributed by atoms with Crippen molar-refractivity contribution in [3.05, 3.63) is 95.6 Å². The Bertz CT molecular complexity index is 1190. The molecule has 8 nitrogen and oxygen atoms in total. The van der Waals surface area contributed by atoms with Crippen molar-refractivity contribution in [1.29, 1.82) is 0 Å². The fraction of sp³-hybridized carbons (Fsp3) is 0.250. The molecule has 4 rings (SSSR count). The second kappa shape index (κ2) is 12.5. The van der Waals surface area contributed by atoms with E-state index in [-0.39, 0.29) is 30.4 Å². The van der Waals surface area contributed by atoms with Gasteiger partial charge in [-0.05, 0) is 54.8 Å². The third-order valence-corrected chi connectivity index (χ3v) is 5.80. The van der Waals surface area contributed by atoms with Crippen LogP contribution in [0, 0.1) is 0 Å². The molecule has 1 fully saturated rings. The topological polar surface area (TPSA) is 109 Å². The van der Waals surface area contributed by atoms with Crippen molar-refractivity contribution in [2.75, 3.05) is 30.3 Å². The molecule has 36 heavy (non-hydrogen) atoms. The van der Waals surface area contributed by atoms with Crippen LogP contribution in [-0.4, -0.2) is 43.5 Å². The summed E-state index contributed by atoms with van der Waals surface area (Å²) in [6.45, 7) is 1.66. The predicted molar refractivity (Wildman–Crippen MR) is 139 cm³/mol. The molecule has 8 heteroatoms. The molecule has 0 spiro atoms. The summed E-state index contributed by atoms with van der Waals surface area (Å²) in [7, 11) is 0. The lowest BCUT2D eigenvalue weighted by molar-refractivity contribution is -0.114. The summed E-state index contributed by atoms with van der Waals surface area (Å²) in [5.41, 5.74) is 3.15. The average molecular weight is 487 g/mol. The van der Waals surface area contributed by atoms with Crippen molar-refractivity contribution in [1.82, 2.24) is 10.6 Å². The average Bonchev–Trinajstić information content (AvgIpc) is 3.44.